The molecule has 2 aromatic rings. The lowest BCUT2D eigenvalue weighted by Crippen LogP contribution is -2.12. The molecule has 0 heterocycles. The van der Waals surface area contributed by atoms with Crippen molar-refractivity contribution in [1.29, 1.82) is 0 Å². The number of nitrogens with one attached hydrogen (secondary N) is 1. The van der Waals surface area contributed by atoms with Gasteiger partial charge in [-0.1, -0.05) is 23.7 Å². The molecule has 0 radical (unpaired) electrons. The van der Waals surface area contributed by atoms with Crippen molar-refractivity contribution in [2.24, 2.45) is 0 Å². The monoisotopic (exact) mass is 395 g/mol. The topological polar surface area (TPSA) is 38.3 Å². The quantitative estimate of drug-likeness (QED) is 0.653. The third-order valence-corrected chi connectivity index (χ3v) is 4.38. The van der Waals surface area contributed by atoms with Crippen LogP contribution in [0.3, 0.4) is 0 Å². The average Bonchev–Trinajstić information content (AvgIpc) is 2.49. The highest BCUT2D eigenvalue weighted by Gasteiger charge is 2.05. The van der Waals surface area contributed by atoms with E-state index in [0.29, 0.717) is 30.2 Å². The number of rotatable bonds is 6. The van der Waals surface area contributed by atoms with Crippen LogP contribution >= 0.6 is 27.5 Å². The predicted octanol–water partition coefficient (Wildman–Crippen LogP) is 5.52. The first-order chi connectivity index (χ1) is 11.0. The summed E-state index contributed by atoms with van der Waals surface area (Å²) >= 11 is 9.51. The van der Waals surface area contributed by atoms with Crippen molar-refractivity contribution >= 4 is 39.1 Å². The highest BCUT2D eigenvalue weighted by atomic mass is 79.9. The molecule has 0 aliphatic rings. The van der Waals surface area contributed by atoms with E-state index in [4.69, 9.17) is 16.3 Å². The maximum Gasteiger partial charge on any atom is 0.224 e. The van der Waals surface area contributed by atoms with Gasteiger partial charge < -0.3 is 10.1 Å². The van der Waals surface area contributed by atoms with E-state index in [9.17, 15) is 4.79 Å². The van der Waals surface area contributed by atoms with Crippen LogP contribution in [0, 0.1) is 13.8 Å². The fourth-order valence-electron chi connectivity index (χ4n) is 2.03. The van der Waals surface area contributed by atoms with E-state index in [2.05, 4.69) is 21.2 Å². The Kier molecular flexibility index (Phi) is 6.48. The van der Waals surface area contributed by atoms with Crippen molar-refractivity contribution in [1.82, 2.24) is 0 Å². The summed E-state index contributed by atoms with van der Waals surface area (Å²) in [6.45, 7) is 4.44. The smallest absolute Gasteiger partial charge is 0.224 e. The minimum absolute atomic E-state index is 0.0449. The fourth-order valence-corrected chi connectivity index (χ4v) is 2.82. The number of halogens is 2. The van der Waals surface area contributed by atoms with Crippen LogP contribution in [0.1, 0.15) is 24.0 Å². The molecule has 122 valence electrons. The fraction of sp³-hybridized carbons (Fsp3) is 0.278. The number of hydrogen-bond donors (Lipinski definition) is 1. The van der Waals surface area contributed by atoms with Gasteiger partial charge in [0.15, 0.2) is 0 Å². The maximum atomic E-state index is 11.9. The van der Waals surface area contributed by atoms with E-state index in [1.165, 1.54) is 5.56 Å². The van der Waals surface area contributed by atoms with E-state index >= 15 is 0 Å². The SMILES string of the molecule is Cc1ccc(OCCCC(=O)Nc2ccc(C)c(Cl)c2)c(Br)c1. The van der Waals surface area contributed by atoms with E-state index in [-0.39, 0.29) is 5.91 Å². The number of amides is 1. The van der Waals surface area contributed by atoms with Crippen molar-refractivity contribution in [3.63, 3.8) is 0 Å². The minimum Gasteiger partial charge on any atom is -0.492 e. The lowest BCUT2D eigenvalue weighted by atomic mass is 10.2. The number of ether oxygens (including phenoxy) is 1. The largest absolute Gasteiger partial charge is 0.492 e. The van der Waals surface area contributed by atoms with Gasteiger partial charge in [0.05, 0.1) is 11.1 Å². The molecule has 1 amide bonds. The number of carbonyl (C=O) groups is 1. The van der Waals surface area contributed by atoms with Crippen molar-refractivity contribution < 1.29 is 9.53 Å². The molecule has 1 N–H and O–H groups in total. The van der Waals surface area contributed by atoms with Crippen LogP contribution in [-0.2, 0) is 4.79 Å². The molecule has 5 heteroatoms. The molecule has 3 nitrogen and oxygen atoms in total. The van der Waals surface area contributed by atoms with Gasteiger partial charge in [0.2, 0.25) is 5.91 Å². The molecule has 0 saturated heterocycles. The number of aryl methyl sites for hydroxylation is 2. The van der Waals surface area contributed by atoms with Crippen molar-refractivity contribution in [2.75, 3.05) is 11.9 Å². The zero-order valence-electron chi connectivity index (χ0n) is 13.2. The molecule has 0 bridgehead atoms. The Balaban J connectivity index is 1.75. The van der Waals surface area contributed by atoms with E-state index in [1.54, 1.807) is 6.07 Å². The molecule has 0 saturated carbocycles. The van der Waals surface area contributed by atoms with Gasteiger partial charge in [-0.15, -0.1) is 0 Å². The van der Waals surface area contributed by atoms with Crippen molar-refractivity contribution in [3.05, 3.63) is 57.0 Å². The highest BCUT2D eigenvalue weighted by Crippen LogP contribution is 2.26. The third-order valence-electron chi connectivity index (χ3n) is 3.35. The molecular formula is C18H19BrClNO2. The molecular weight excluding hydrogens is 378 g/mol. The molecule has 0 atom stereocenters. The Labute approximate surface area is 150 Å². The molecule has 0 unspecified atom stereocenters. The van der Waals surface area contributed by atoms with Crippen LogP contribution in [0.5, 0.6) is 5.75 Å². The summed E-state index contributed by atoms with van der Waals surface area (Å²) in [7, 11) is 0. The second-order valence-corrected chi connectivity index (χ2v) is 6.66. The molecule has 2 aromatic carbocycles. The summed E-state index contributed by atoms with van der Waals surface area (Å²) < 4.78 is 6.61. The first-order valence-corrected chi connectivity index (χ1v) is 8.58. The number of carbonyl (C=O) groups excluding carboxylic acids is 1. The molecule has 0 aliphatic carbocycles. The molecule has 0 aliphatic heterocycles. The second kappa shape index (κ2) is 8.37. The van der Waals surface area contributed by atoms with Crippen LogP contribution in [0.15, 0.2) is 40.9 Å². The average molecular weight is 397 g/mol. The Morgan fingerprint density at radius 2 is 2.00 bits per heavy atom. The Bertz CT molecular complexity index is 703. The molecule has 23 heavy (non-hydrogen) atoms. The van der Waals surface area contributed by atoms with Crippen LogP contribution in [0.25, 0.3) is 0 Å². The summed E-state index contributed by atoms with van der Waals surface area (Å²) in [5, 5.41) is 3.49. The van der Waals surface area contributed by atoms with Crippen molar-refractivity contribution in [3.8, 4) is 5.75 Å². The zero-order chi connectivity index (χ0) is 16.8. The van der Waals surface area contributed by atoms with Crippen LogP contribution in [-0.4, -0.2) is 12.5 Å². The van der Waals surface area contributed by atoms with Gasteiger partial charge in [0, 0.05) is 17.1 Å². The number of hydrogen-bond acceptors (Lipinski definition) is 2. The second-order valence-electron chi connectivity index (χ2n) is 5.40. The summed E-state index contributed by atoms with van der Waals surface area (Å²) in [4.78, 5) is 11.9. The first-order valence-electron chi connectivity index (χ1n) is 7.40. The highest BCUT2D eigenvalue weighted by molar-refractivity contribution is 9.10. The van der Waals surface area contributed by atoms with Gasteiger partial charge in [0.1, 0.15) is 5.75 Å². The Hall–Kier alpha value is -1.52. The van der Waals surface area contributed by atoms with Gasteiger partial charge >= 0.3 is 0 Å². The lowest BCUT2D eigenvalue weighted by Gasteiger charge is -2.09. The van der Waals surface area contributed by atoms with Gasteiger partial charge in [-0.2, -0.15) is 0 Å². The normalized spacial score (nSPS) is 10.4. The van der Waals surface area contributed by atoms with Gasteiger partial charge in [-0.05, 0) is 71.6 Å². The molecule has 0 fully saturated rings. The van der Waals surface area contributed by atoms with Crippen LogP contribution < -0.4 is 10.1 Å². The summed E-state index contributed by atoms with van der Waals surface area (Å²) in [6.07, 6.45) is 1.04. The van der Waals surface area contributed by atoms with E-state index in [1.807, 2.05) is 44.2 Å². The zero-order valence-corrected chi connectivity index (χ0v) is 15.5. The lowest BCUT2D eigenvalue weighted by molar-refractivity contribution is -0.116. The predicted molar refractivity (Wildman–Crippen MR) is 98.4 cm³/mol. The Morgan fingerprint density at radius 3 is 2.70 bits per heavy atom. The summed E-state index contributed by atoms with van der Waals surface area (Å²) in [6, 6.07) is 11.4. The van der Waals surface area contributed by atoms with E-state index in [0.717, 1.165) is 15.8 Å². The molecule has 0 aromatic heterocycles. The summed E-state index contributed by atoms with van der Waals surface area (Å²) in [5.74, 6) is 0.748. The standard InChI is InChI=1S/C18H19BrClNO2/c1-12-5-8-17(15(19)10-12)23-9-3-4-18(22)21-14-7-6-13(2)16(20)11-14/h5-8,10-11H,3-4,9H2,1-2H3,(H,21,22). The van der Waals surface area contributed by atoms with Gasteiger partial charge in [-0.25, -0.2) is 0 Å². The number of anilines is 1. The van der Waals surface area contributed by atoms with Crippen molar-refractivity contribution in [2.45, 2.75) is 26.7 Å². The van der Waals surface area contributed by atoms with Crippen LogP contribution in [0.4, 0.5) is 5.69 Å². The first kappa shape index (κ1) is 17.8. The Morgan fingerprint density at radius 1 is 1.22 bits per heavy atom. The van der Waals surface area contributed by atoms with E-state index < -0.39 is 0 Å². The minimum atomic E-state index is -0.0449. The third kappa shape index (κ3) is 5.56. The molecule has 2 rings (SSSR count). The number of benzene rings is 2. The van der Waals surface area contributed by atoms with Gasteiger partial charge in [0.25, 0.3) is 0 Å². The van der Waals surface area contributed by atoms with Crippen LogP contribution in [0.2, 0.25) is 5.02 Å². The molecule has 0 spiro atoms. The van der Waals surface area contributed by atoms with Gasteiger partial charge in [-0.3, -0.25) is 4.79 Å². The maximum absolute atomic E-state index is 11.9. The summed E-state index contributed by atoms with van der Waals surface area (Å²) in [5.41, 5.74) is 2.87.